The molecule has 0 spiro atoms. The summed E-state index contributed by atoms with van der Waals surface area (Å²) in [7, 11) is 4.22. The van der Waals surface area contributed by atoms with Crippen molar-refractivity contribution in [2.45, 2.75) is 20.0 Å². The zero-order chi connectivity index (χ0) is 20.5. The minimum absolute atomic E-state index is 0.215. The van der Waals surface area contributed by atoms with E-state index < -0.39 is 0 Å². The van der Waals surface area contributed by atoms with Crippen LogP contribution in [0.5, 0.6) is 0 Å². The van der Waals surface area contributed by atoms with E-state index in [-0.39, 0.29) is 6.17 Å². The molecule has 0 aliphatic heterocycles. The van der Waals surface area contributed by atoms with Gasteiger partial charge in [0.05, 0.1) is 23.3 Å². The molecule has 4 aromatic rings. The Labute approximate surface area is 175 Å². The van der Waals surface area contributed by atoms with Gasteiger partial charge in [-0.25, -0.2) is 0 Å². The fraction of sp³-hybridized carbons (Fsp3) is 0.250. The summed E-state index contributed by atoms with van der Waals surface area (Å²) in [6.07, 6.45) is 6.24. The number of nitriles is 1. The van der Waals surface area contributed by atoms with E-state index in [1.54, 1.807) is 11.3 Å². The SMILES string of the molecule is CC(C)C(N(C)C)n1cc(-c2cncc(-c3ccsc3)c2)c2cc(C#N)ccc21. The van der Waals surface area contributed by atoms with Crippen LogP contribution in [0.25, 0.3) is 33.2 Å². The van der Waals surface area contributed by atoms with E-state index in [1.807, 2.05) is 24.5 Å². The number of rotatable bonds is 5. The minimum Gasteiger partial charge on any atom is -0.330 e. The predicted octanol–water partition coefficient (Wildman–Crippen LogP) is 6.02. The van der Waals surface area contributed by atoms with Crippen molar-refractivity contribution in [2.75, 3.05) is 14.1 Å². The molecule has 3 heterocycles. The normalized spacial score (nSPS) is 12.6. The fourth-order valence-electron chi connectivity index (χ4n) is 4.11. The molecule has 1 aromatic carbocycles. The Morgan fingerprint density at radius 2 is 1.86 bits per heavy atom. The van der Waals surface area contributed by atoms with E-state index in [1.165, 1.54) is 5.56 Å². The fourth-order valence-corrected chi connectivity index (χ4v) is 4.78. The first-order chi connectivity index (χ1) is 14.0. The van der Waals surface area contributed by atoms with Crippen LogP contribution in [0.1, 0.15) is 25.6 Å². The van der Waals surface area contributed by atoms with Crippen molar-refractivity contribution in [3.05, 3.63) is 65.2 Å². The molecule has 1 unspecified atom stereocenters. The predicted molar refractivity (Wildman–Crippen MR) is 121 cm³/mol. The largest absolute Gasteiger partial charge is 0.330 e. The van der Waals surface area contributed by atoms with Crippen LogP contribution in [0, 0.1) is 17.2 Å². The third kappa shape index (κ3) is 3.57. The second-order valence-corrected chi connectivity index (χ2v) is 8.67. The highest BCUT2D eigenvalue weighted by Gasteiger charge is 2.22. The molecule has 146 valence electrons. The Morgan fingerprint density at radius 1 is 1.07 bits per heavy atom. The first kappa shape index (κ1) is 19.4. The second kappa shape index (κ2) is 7.82. The molecule has 0 aliphatic carbocycles. The zero-order valence-electron chi connectivity index (χ0n) is 17.1. The van der Waals surface area contributed by atoms with Crippen molar-refractivity contribution in [3.63, 3.8) is 0 Å². The molecule has 29 heavy (non-hydrogen) atoms. The van der Waals surface area contributed by atoms with Crippen molar-refractivity contribution < 1.29 is 0 Å². The zero-order valence-corrected chi connectivity index (χ0v) is 17.9. The van der Waals surface area contributed by atoms with E-state index in [0.717, 1.165) is 27.6 Å². The van der Waals surface area contributed by atoms with E-state index in [9.17, 15) is 5.26 Å². The monoisotopic (exact) mass is 400 g/mol. The quantitative estimate of drug-likeness (QED) is 0.411. The van der Waals surface area contributed by atoms with Gasteiger partial charge in [0.25, 0.3) is 0 Å². The van der Waals surface area contributed by atoms with Crippen molar-refractivity contribution in [1.82, 2.24) is 14.5 Å². The summed E-state index contributed by atoms with van der Waals surface area (Å²) >= 11 is 1.68. The summed E-state index contributed by atoms with van der Waals surface area (Å²) in [5, 5.41) is 14.7. The first-order valence-electron chi connectivity index (χ1n) is 9.68. The molecule has 3 aromatic heterocycles. The molecule has 0 bridgehead atoms. The summed E-state index contributed by atoms with van der Waals surface area (Å²) in [4.78, 5) is 6.75. The highest BCUT2D eigenvalue weighted by atomic mass is 32.1. The number of benzene rings is 1. The topological polar surface area (TPSA) is 44.9 Å². The summed E-state index contributed by atoms with van der Waals surface area (Å²) in [5.41, 5.74) is 6.26. The number of aromatic nitrogens is 2. The summed E-state index contributed by atoms with van der Waals surface area (Å²) in [6.45, 7) is 4.47. The van der Waals surface area contributed by atoms with Gasteiger partial charge in [0.15, 0.2) is 0 Å². The Balaban J connectivity index is 1.95. The average molecular weight is 401 g/mol. The van der Waals surface area contributed by atoms with E-state index in [0.29, 0.717) is 11.5 Å². The van der Waals surface area contributed by atoms with Crippen LogP contribution in [0.2, 0.25) is 0 Å². The summed E-state index contributed by atoms with van der Waals surface area (Å²) in [6, 6.07) is 12.5. The van der Waals surface area contributed by atoms with Crippen LogP contribution in [0.3, 0.4) is 0 Å². The van der Waals surface area contributed by atoms with Crippen molar-refractivity contribution in [2.24, 2.45) is 5.92 Å². The van der Waals surface area contributed by atoms with Gasteiger partial charge in [-0.3, -0.25) is 9.88 Å². The van der Waals surface area contributed by atoms with Gasteiger partial charge in [-0.05, 0) is 66.7 Å². The number of thiophene rings is 1. The van der Waals surface area contributed by atoms with Crippen LogP contribution >= 0.6 is 11.3 Å². The Kier molecular flexibility index (Phi) is 5.23. The van der Waals surface area contributed by atoms with Gasteiger partial charge >= 0.3 is 0 Å². The van der Waals surface area contributed by atoms with Crippen LogP contribution in [-0.4, -0.2) is 28.5 Å². The van der Waals surface area contributed by atoms with Crippen LogP contribution < -0.4 is 0 Å². The molecular formula is C24H24N4S. The summed E-state index contributed by atoms with van der Waals surface area (Å²) < 4.78 is 2.33. The molecule has 1 atom stereocenters. The highest BCUT2D eigenvalue weighted by Crippen LogP contribution is 2.36. The van der Waals surface area contributed by atoms with Gasteiger partial charge in [0.2, 0.25) is 0 Å². The van der Waals surface area contributed by atoms with Gasteiger partial charge in [-0.2, -0.15) is 16.6 Å². The lowest BCUT2D eigenvalue weighted by Gasteiger charge is -2.30. The van der Waals surface area contributed by atoms with Gasteiger partial charge in [0.1, 0.15) is 0 Å². The molecule has 0 saturated heterocycles. The average Bonchev–Trinajstić information content (AvgIpc) is 3.36. The van der Waals surface area contributed by atoms with Crippen LogP contribution in [0.4, 0.5) is 0 Å². The maximum Gasteiger partial charge on any atom is 0.0991 e. The molecule has 0 saturated carbocycles. The molecule has 0 aliphatic rings. The Morgan fingerprint density at radius 3 is 2.52 bits per heavy atom. The highest BCUT2D eigenvalue weighted by molar-refractivity contribution is 7.08. The van der Waals surface area contributed by atoms with Crippen LogP contribution in [0.15, 0.2) is 59.7 Å². The van der Waals surface area contributed by atoms with Gasteiger partial charge in [0, 0.05) is 40.7 Å². The maximum atomic E-state index is 9.44. The lowest BCUT2D eigenvalue weighted by atomic mass is 10.0. The van der Waals surface area contributed by atoms with Gasteiger partial charge in [-0.15, -0.1) is 0 Å². The number of nitrogens with zero attached hydrogens (tertiary/aromatic N) is 4. The maximum absolute atomic E-state index is 9.44. The summed E-state index contributed by atoms with van der Waals surface area (Å²) in [5.74, 6) is 0.430. The molecule has 0 radical (unpaired) electrons. The van der Waals surface area contributed by atoms with Crippen molar-refractivity contribution >= 4 is 22.2 Å². The minimum atomic E-state index is 0.215. The first-order valence-corrected chi connectivity index (χ1v) is 10.6. The molecule has 0 N–H and O–H groups in total. The standard InChI is InChI=1S/C24H24N4S/c1-16(2)24(27(3)4)28-14-22(21-9-17(11-25)5-6-23(21)28)20-10-19(12-26-13-20)18-7-8-29-15-18/h5-10,12-16,24H,1-4H3. The van der Waals surface area contributed by atoms with E-state index in [4.69, 9.17) is 0 Å². The third-order valence-electron chi connectivity index (χ3n) is 5.28. The molecular weight excluding hydrogens is 376 g/mol. The third-order valence-corrected chi connectivity index (χ3v) is 5.96. The molecule has 4 nitrogen and oxygen atoms in total. The van der Waals surface area contributed by atoms with Crippen LogP contribution in [-0.2, 0) is 0 Å². The molecule has 4 rings (SSSR count). The van der Waals surface area contributed by atoms with Gasteiger partial charge in [-0.1, -0.05) is 13.8 Å². The van der Waals surface area contributed by atoms with E-state index in [2.05, 4.69) is 83.6 Å². The smallest absolute Gasteiger partial charge is 0.0991 e. The number of pyridine rings is 1. The van der Waals surface area contributed by atoms with Crippen molar-refractivity contribution in [3.8, 4) is 28.3 Å². The van der Waals surface area contributed by atoms with Gasteiger partial charge < -0.3 is 4.57 Å². The number of hydrogen-bond acceptors (Lipinski definition) is 4. The molecule has 0 amide bonds. The van der Waals surface area contributed by atoms with E-state index >= 15 is 0 Å². The Hall–Kier alpha value is -2.94. The molecule has 0 fully saturated rings. The second-order valence-electron chi connectivity index (χ2n) is 7.89. The number of fused-ring (bicyclic) bond motifs is 1. The number of hydrogen-bond donors (Lipinski definition) is 0. The lowest BCUT2D eigenvalue weighted by Crippen LogP contribution is -2.29. The Bertz CT molecular complexity index is 1170. The van der Waals surface area contributed by atoms with Crippen molar-refractivity contribution in [1.29, 1.82) is 5.26 Å². The lowest BCUT2D eigenvalue weighted by molar-refractivity contribution is 0.164. The molecule has 5 heteroatoms.